The highest BCUT2D eigenvalue weighted by atomic mass is 35.5. The van der Waals surface area contributed by atoms with Crippen LogP contribution in [-0.4, -0.2) is 20.7 Å². The highest BCUT2D eigenvalue weighted by Gasteiger charge is 2.40. The second-order valence-electron chi connectivity index (χ2n) is 4.82. The van der Waals surface area contributed by atoms with Crippen molar-refractivity contribution >= 4 is 40.4 Å². The lowest BCUT2D eigenvalue weighted by Gasteiger charge is -2.09. The second kappa shape index (κ2) is 6.32. The number of hydrogen-bond donors (Lipinski definition) is 1. The highest BCUT2D eigenvalue weighted by molar-refractivity contribution is 7.12. The van der Waals surface area contributed by atoms with Gasteiger partial charge >= 0.3 is 6.18 Å². The number of alkyl halides is 3. The number of halogens is 5. The van der Waals surface area contributed by atoms with Crippen LogP contribution in [0.15, 0.2) is 29.8 Å². The van der Waals surface area contributed by atoms with Gasteiger partial charge in [-0.1, -0.05) is 29.3 Å². The summed E-state index contributed by atoms with van der Waals surface area (Å²) < 4.78 is 40.4. The van der Waals surface area contributed by atoms with E-state index in [-0.39, 0.29) is 5.13 Å². The van der Waals surface area contributed by atoms with E-state index in [9.17, 15) is 18.0 Å². The molecule has 5 nitrogen and oxygen atoms in total. The van der Waals surface area contributed by atoms with Crippen molar-refractivity contribution in [3.63, 3.8) is 0 Å². The summed E-state index contributed by atoms with van der Waals surface area (Å²) in [4.78, 5) is 15.4. The van der Waals surface area contributed by atoms with E-state index in [0.717, 1.165) is 17.5 Å². The molecule has 0 aliphatic carbocycles. The van der Waals surface area contributed by atoms with Gasteiger partial charge in [0.2, 0.25) is 5.13 Å². The molecule has 0 spiro atoms. The number of amides is 1. The molecular weight excluding hydrogens is 400 g/mol. The average molecular weight is 407 g/mol. The average Bonchev–Trinajstić information content (AvgIpc) is 3.15. The molecule has 0 saturated heterocycles. The molecule has 3 rings (SSSR count). The van der Waals surface area contributed by atoms with E-state index in [1.807, 2.05) is 0 Å². The molecule has 130 valence electrons. The smallest absolute Gasteiger partial charge is 0.365 e. The number of carbonyl (C=O) groups excluding carboxylic acids is 1. The van der Waals surface area contributed by atoms with Gasteiger partial charge < -0.3 is 5.73 Å². The van der Waals surface area contributed by atoms with Crippen molar-refractivity contribution in [2.75, 3.05) is 0 Å². The number of thiazole rings is 1. The Bertz CT molecular complexity index is 967. The molecule has 2 aromatic heterocycles. The van der Waals surface area contributed by atoms with Gasteiger partial charge in [0, 0.05) is 10.9 Å². The Labute approximate surface area is 152 Å². The van der Waals surface area contributed by atoms with Crippen LogP contribution < -0.4 is 5.73 Å². The molecule has 11 heteroatoms. The molecule has 3 aromatic rings. The van der Waals surface area contributed by atoms with Crippen molar-refractivity contribution < 1.29 is 18.0 Å². The number of nitrogens with zero attached hydrogens (tertiary/aromatic N) is 3. The van der Waals surface area contributed by atoms with Crippen molar-refractivity contribution in [1.29, 1.82) is 0 Å². The lowest BCUT2D eigenvalue weighted by atomic mass is 10.2. The molecule has 0 radical (unpaired) electrons. The number of aromatic nitrogens is 3. The van der Waals surface area contributed by atoms with E-state index in [2.05, 4.69) is 10.1 Å². The Balaban J connectivity index is 2.09. The van der Waals surface area contributed by atoms with Crippen molar-refractivity contribution in [1.82, 2.24) is 14.8 Å². The van der Waals surface area contributed by atoms with Crippen LogP contribution in [0, 0.1) is 0 Å². The first-order chi connectivity index (χ1) is 11.7. The van der Waals surface area contributed by atoms with Crippen LogP contribution in [-0.2, 0) is 6.18 Å². The number of carbonyl (C=O) groups is 1. The third kappa shape index (κ3) is 3.35. The van der Waals surface area contributed by atoms with Gasteiger partial charge in [-0.05, 0) is 12.1 Å². The largest absolute Gasteiger partial charge is 0.434 e. The SMILES string of the molecule is NC(=O)c1cnn(-c2nc(-c3ccc(Cl)c(Cl)c3)cs2)c1C(F)(F)F. The van der Waals surface area contributed by atoms with Crippen molar-refractivity contribution in [2.24, 2.45) is 5.73 Å². The maximum Gasteiger partial charge on any atom is 0.434 e. The van der Waals surface area contributed by atoms with Gasteiger partial charge in [0.15, 0.2) is 5.69 Å². The summed E-state index contributed by atoms with van der Waals surface area (Å²) in [6.07, 6.45) is -4.05. The first kappa shape index (κ1) is 17.7. The van der Waals surface area contributed by atoms with Crippen molar-refractivity contribution in [3.05, 3.63) is 51.1 Å². The Kier molecular flexibility index (Phi) is 4.48. The summed E-state index contributed by atoms with van der Waals surface area (Å²) in [6.45, 7) is 0. The monoisotopic (exact) mass is 406 g/mol. The van der Waals surface area contributed by atoms with E-state index in [1.54, 1.807) is 23.6 Å². The molecule has 2 heterocycles. The summed E-state index contributed by atoms with van der Waals surface area (Å²) in [5.74, 6) is -1.22. The predicted molar refractivity (Wildman–Crippen MR) is 88.2 cm³/mol. The fraction of sp³-hybridized carbons (Fsp3) is 0.0714. The van der Waals surface area contributed by atoms with Crippen LogP contribution in [0.25, 0.3) is 16.4 Å². The van der Waals surface area contributed by atoms with Gasteiger partial charge in [0.25, 0.3) is 5.91 Å². The van der Waals surface area contributed by atoms with E-state index >= 15 is 0 Å². The Hall–Kier alpha value is -2.10. The van der Waals surface area contributed by atoms with Gasteiger partial charge in [0.1, 0.15) is 0 Å². The number of benzene rings is 1. The molecule has 0 aliphatic heterocycles. The maximum absolute atomic E-state index is 13.3. The zero-order valence-corrected chi connectivity index (χ0v) is 14.3. The molecule has 0 unspecified atom stereocenters. The van der Waals surface area contributed by atoms with Gasteiger partial charge in [-0.2, -0.15) is 18.3 Å². The molecule has 1 aromatic carbocycles. The third-order valence-electron chi connectivity index (χ3n) is 3.19. The van der Waals surface area contributed by atoms with Gasteiger partial charge in [-0.25, -0.2) is 9.67 Å². The van der Waals surface area contributed by atoms with E-state index < -0.39 is 23.3 Å². The predicted octanol–water partition coefficient (Wildman–Crippen LogP) is 4.42. The zero-order valence-electron chi connectivity index (χ0n) is 12.0. The molecule has 0 bridgehead atoms. The summed E-state index contributed by atoms with van der Waals surface area (Å²) in [5.41, 5.74) is 3.97. The quantitative estimate of drug-likeness (QED) is 0.699. The first-order valence-electron chi connectivity index (χ1n) is 6.55. The standard InChI is InChI=1S/C14H7Cl2F3N4OS/c15-8-2-1-6(3-9(8)16)10-5-25-13(22-10)23-11(14(17,18)19)7(4-21-23)12(20)24/h1-5H,(H2,20,24). The molecular formula is C14H7Cl2F3N4OS. The van der Waals surface area contributed by atoms with Gasteiger partial charge in [-0.15, -0.1) is 11.3 Å². The number of nitrogens with two attached hydrogens (primary N) is 1. The Morgan fingerprint density at radius 2 is 1.96 bits per heavy atom. The van der Waals surface area contributed by atoms with Crippen LogP contribution >= 0.6 is 34.5 Å². The summed E-state index contributed by atoms with van der Waals surface area (Å²) in [7, 11) is 0. The van der Waals surface area contributed by atoms with Gasteiger partial charge in [-0.3, -0.25) is 4.79 Å². The van der Waals surface area contributed by atoms with Crippen LogP contribution in [0.2, 0.25) is 10.0 Å². The van der Waals surface area contributed by atoms with Crippen LogP contribution in [0.5, 0.6) is 0 Å². The normalized spacial score (nSPS) is 11.7. The Morgan fingerprint density at radius 3 is 2.56 bits per heavy atom. The van der Waals surface area contributed by atoms with E-state index in [0.29, 0.717) is 26.0 Å². The molecule has 1 amide bonds. The molecule has 2 N–H and O–H groups in total. The number of rotatable bonds is 3. The first-order valence-corrected chi connectivity index (χ1v) is 8.18. The fourth-order valence-electron chi connectivity index (χ4n) is 2.10. The minimum absolute atomic E-state index is 0.0686. The summed E-state index contributed by atoms with van der Waals surface area (Å²) in [5, 5.41) is 5.72. The fourth-order valence-corrected chi connectivity index (χ4v) is 3.19. The molecule has 0 aliphatic rings. The topological polar surface area (TPSA) is 73.8 Å². The lowest BCUT2D eigenvalue weighted by molar-refractivity contribution is -0.143. The minimum atomic E-state index is -4.82. The number of hydrogen-bond acceptors (Lipinski definition) is 4. The lowest BCUT2D eigenvalue weighted by Crippen LogP contribution is -2.20. The van der Waals surface area contributed by atoms with Crippen molar-refractivity contribution in [3.8, 4) is 16.4 Å². The third-order valence-corrected chi connectivity index (χ3v) is 4.75. The summed E-state index contributed by atoms with van der Waals surface area (Å²) in [6, 6.07) is 4.74. The van der Waals surface area contributed by atoms with Crippen LogP contribution in [0.1, 0.15) is 16.1 Å². The van der Waals surface area contributed by atoms with E-state index in [1.165, 1.54) is 0 Å². The zero-order chi connectivity index (χ0) is 18.4. The number of primary amides is 1. The minimum Gasteiger partial charge on any atom is -0.365 e. The molecule has 0 fully saturated rings. The molecule has 25 heavy (non-hydrogen) atoms. The Morgan fingerprint density at radius 1 is 1.24 bits per heavy atom. The van der Waals surface area contributed by atoms with Crippen LogP contribution in [0.4, 0.5) is 13.2 Å². The maximum atomic E-state index is 13.3. The van der Waals surface area contributed by atoms with Gasteiger partial charge in [0.05, 0.1) is 27.5 Å². The molecule has 0 saturated carbocycles. The van der Waals surface area contributed by atoms with Crippen molar-refractivity contribution in [2.45, 2.75) is 6.18 Å². The van der Waals surface area contributed by atoms with E-state index in [4.69, 9.17) is 28.9 Å². The summed E-state index contributed by atoms with van der Waals surface area (Å²) >= 11 is 12.7. The second-order valence-corrected chi connectivity index (χ2v) is 6.48. The van der Waals surface area contributed by atoms with Crippen LogP contribution in [0.3, 0.4) is 0 Å². The molecule has 0 atom stereocenters. The highest BCUT2D eigenvalue weighted by Crippen LogP contribution is 2.35.